The van der Waals surface area contributed by atoms with Crippen molar-refractivity contribution in [2.24, 2.45) is 23.2 Å². The molecule has 8 heteroatoms. The Morgan fingerprint density at radius 2 is 1.96 bits per heavy atom. The highest BCUT2D eigenvalue weighted by molar-refractivity contribution is 5.74. The number of rotatable bonds is 15. The number of hydrogen-bond acceptors (Lipinski definition) is 8. The number of ether oxygens (including phenoxy) is 1. The number of carbonyl (C=O) groups excluding carboxylic acids is 1. The van der Waals surface area contributed by atoms with Crippen molar-refractivity contribution in [3.05, 3.63) is 94.1 Å². The zero-order valence-electron chi connectivity index (χ0n) is 33.1. The van der Waals surface area contributed by atoms with Crippen LogP contribution in [0.1, 0.15) is 89.7 Å². The summed E-state index contributed by atoms with van der Waals surface area (Å²) in [5.74, 6) is -0.426. The first kappa shape index (κ1) is 43.0. The third-order valence-electron chi connectivity index (χ3n) is 12.9. The number of allylic oxidation sites excluding steroid dienone is 7. The number of benzene rings is 1. The summed E-state index contributed by atoms with van der Waals surface area (Å²) in [7, 11) is 3.62. The van der Waals surface area contributed by atoms with E-state index in [1.54, 1.807) is 7.11 Å². The molecule has 7 atom stereocenters. The molecule has 1 heterocycles. The van der Waals surface area contributed by atoms with Crippen LogP contribution < -0.4 is 10.6 Å². The maximum atomic E-state index is 12.5. The molecule has 1 spiro atoms. The van der Waals surface area contributed by atoms with Crippen LogP contribution >= 0.6 is 0 Å². The minimum Gasteiger partial charge on any atom is -0.396 e. The van der Waals surface area contributed by atoms with Gasteiger partial charge >= 0.3 is 0 Å². The first-order valence-electron chi connectivity index (χ1n) is 19.9. The van der Waals surface area contributed by atoms with Crippen molar-refractivity contribution >= 4 is 6.29 Å². The molecular weight excluding hydrogens is 665 g/mol. The first-order valence-corrected chi connectivity index (χ1v) is 19.9. The van der Waals surface area contributed by atoms with E-state index in [4.69, 9.17) is 4.74 Å². The van der Waals surface area contributed by atoms with Gasteiger partial charge < -0.3 is 35.8 Å². The van der Waals surface area contributed by atoms with Gasteiger partial charge in [0.05, 0.1) is 18.3 Å². The smallest absolute Gasteiger partial charge is 0.145 e. The molecule has 0 aromatic heterocycles. The van der Waals surface area contributed by atoms with Crippen LogP contribution in [0.2, 0.25) is 0 Å². The molecule has 0 unspecified atom stereocenters. The quantitative estimate of drug-likeness (QED) is 0.0565. The summed E-state index contributed by atoms with van der Waals surface area (Å²) in [4.78, 5) is 12.1. The highest BCUT2D eigenvalue weighted by atomic mass is 16.5. The zero-order valence-corrected chi connectivity index (χ0v) is 33.1. The average molecular weight is 733 g/mol. The molecule has 2 aliphatic carbocycles. The third-order valence-corrected chi connectivity index (χ3v) is 12.9. The lowest BCUT2D eigenvalue weighted by Gasteiger charge is -2.57. The van der Waals surface area contributed by atoms with Crippen molar-refractivity contribution in [2.75, 3.05) is 47.1 Å². The van der Waals surface area contributed by atoms with Gasteiger partial charge in [0.2, 0.25) is 0 Å². The van der Waals surface area contributed by atoms with E-state index in [1.807, 2.05) is 32.2 Å². The Kier molecular flexibility index (Phi) is 16.1. The Balaban J connectivity index is 1.61. The van der Waals surface area contributed by atoms with Crippen LogP contribution in [0.3, 0.4) is 0 Å². The molecule has 294 valence electrons. The van der Waals surface area contributed by atoms with Crippen LogP contribution in [-0.4, -0.2) is 91.0 Å². The predicted octanol–water partition coefficient (Wildman–Crippen LogP) is 5.95. The Labute approximate surface area is 319 Å². The van der Waals surface area contributed by atoms with Crippen LogP contribution in [0.25, 0.3) is 0 Å². The number of aldehydes is 1. The van der Waals surface area contributed by atoms with Gasteiger partial charge in [-0.05, 0) is 139 Å². The molecule has 6 N–H and O–H groups in total. The minimum absolute atomic E-state index is 0.00205. The predicted molar refractivity (Wildman–Crippen MR) is 215 cm³/mol. The Hall–Kier alpha value is -2.69. The monoisotopic (exact) mass is 733 g/mol. The fourth-order valence-corrected chi connectivity index (χ4v) is 9.71. The van der Waals surface area contributed by atoms with Gasteiger partial charge in [0.15, 0.2) is 0 Å². The molecule has 2 fully saturated rings. The fraction of sp³-hybridized carbons (Fsp3) is 0.622. The molecule has 4 rings (SSSR count). The molecule has 0 radical (unpaired) electrons. The van der Waals surface area contributed by atoms with Crippen LogP contribution in [0.5, 0.6) is 0 Å². The minimum atomic E-state index is -1.17. The van der Waals surface area contributed by atoms with Crippen molar-refractivity contribution in [3.8, 4) is 0 Å². The SMILES string of the molecule is C=C(C=CC=C(CO)[C@H]1CC[C@]2([C@@H]1O)[C@@H](CCCO)C(=C(C)C=O)CC[C@]2(O)CCNC)[C@@H]1CC=C(C)CN[C@@](C)(CCOC)Cc2cccc(c2)C1. The number of aliphatic hydroxyl groups excluding tert-OH is 3. The number of fused-ring (bicyclic) bond motifs is 2. The largest absolute Gasteiger partial charge is 0.396 e. The lowest BCUT2D eigenvalue weighted by atomic mass is 9.51. The van der Waals surface area contributed by atoms with Gasteiger partial charge in [0.1, 0.15) is 6.29 Å². The van der Waals surface area contributed by atoms with Gasteiger partial charge in [-0.25, -0.2) is 0 Å². The highest BCUT2D eigenvalue weighted by Crippen LogP contribution is 2.63. The number of aliphatic hydroxyl groups is 4. The van der Waals surface area contributed by atoms with E-state index in [2.05, 4.69) is 61.4 Å². The molecule has 53 heavy (non-hydrogen) atoms. The summed E-state index contributed by atoms with van der Waals surface area (Å²) in [6.45, 7) is 12.7. The standard InChI is InChI=1S/C45H68N2O6/c1-32-15-16-37(27-35-11-8-12-36(26-35)28-43(4,47-29-32)22-25-53-6)33(2)10-7-13-38(31-50)40-18-20-45(42(40)51)41(14-9-24-48)39(34(3)30-49)17-19-44(45,52)21-23-46-5/h7-8,10-13,15,26,30,37,40-42,46-48,50-52H,2,9,14,16-25,27-29,31H2,1,3-6H3/t37-,40-,41+,42-,43+,44+,45-/m1/s1. The van der Waals surface area contributed by atoms with Gasteiger partial charge in [0, 0.05) is 43.7 Å². The molecule has 1 aliphatic heterocycles. The van der Waals surface area contributed by atoms with Crippen molar-refractivity contribution in [3.63, 3.8) is 0 Å². The Morgan fingerprint density at radius 3 is 2.66 bits per heavy atom. The lowest BCUT2D eigenvalue weighted by molar-refractivity contribution is -0.180. The topological polar surface area (TPSA) is 131 Å². The molecule has 2 bridgehead atoms. The van der Waals surface area contributed by atoms with Gasteiger partial charge in [-0.15, -0.1) is 0 Å². The van der Waals surface area contributed by atoms with Gasteiger partial charge in [0.25, 0.3) is 0 Å². The fourth-order valence-electron chi connectivity index (χ4n) is 9.71. The molecule has 0 amide bonds. The maximum Gasteiger partial charge on any atom is 0.145 e. The number of hydrogen-bond donors (Lipinski definition) is 6. The molecule has 1 aromatic rings. The van der Waals surface area contributed by atoms with E-state index in [0.29, 0.717) is 63.7 Å². The van der Waals surface area contributed by atoms with E-state index >= 15 is 0 Å². The summed E-state index contributed by atoms with van der Waals surface area (Å²) < 4.78 is 5.44. The van der Waals surface area contributed by atoms with E-state index < -0.39 is 17.1 Å². The second-order valence-electron chi connectivity index (χ2n) is 16.4. The van der Waals surface area contributed by atoms with Gasteiger partial charge in [-0.1, -0.05) is 71.9 Å². The van der Waals surface area contributed by atoms with Crippen LogP contribution in [0, 0.1) is 23.2 Å². The molecule has 3 aliphatic rings. The van der Waals surface area contributed by atoms with Crippen LogP contribution in [0.4, 0.5) is 0 Å². The first-order chi connectivity index (χ1) is 25.4. The van der Waals surface area contributed by atoms with E-state index in [0.717, 1.165) is 55.2 Å². The zero-order chi connectivity index (χ0) is 38.6. The summed E-state index contributed by atoms with van der Waals surface area (Å²) >= 11 is 0. The summed E-state index contributed by atoms with van der Waals surface area (Å²) in [5, 5.41) is 52.4. The van der Waals surface area contributed by atoms with E-state index in [9.17, 15) is 25.2 Å². The van der Waals surface area contributed by atoms with Crippen LogP contribution in [0.15, 0.2) is 83.0 Å². The van der Waals surface area contributed by atoms with Crippen molar-refractivity contribution in [1.82, 2.24) is 10.6 Å². The van der Waals surface area contributed by atoms with Crippen molar-refractivity contribution in [1.29, 1.82) is 0 Å². The number of methoxy groups -OCH3 is 1. The molecule has 8 nitrogen and oxygen atoms in total. The summed E-state index contributed by atoms with van der Waals surface area (Å²) in [6, 6.07) is 8.88. The highest BCUT2D eigenvalue weighted by Gasteiger charge is 2.65. The third kappa shape index (κ3) is 10.1. The lowest BCUT2D eigenvalue weighted by Crippen LogP contribution is -2.61. The second-order valence-corrected chi connectivity index (χ2v) is 16.4. The average Bonchev–Trinajstić information content (AvgIpc) is 3.49. The van der Waals surface area contributed by atoms with Crippen molar-refractivity contribution in [2.45, 2.75) is 109 Å². The Bertz CT molecular complexity index is 1510. The molecule has 2 saturated carbocycles. The van der Waals surface area contributed by atoms with Crippen LogP contribution in [-0.2, 0) is 22.4 Å². The van der Waals surface area contributed by atoms with Gasteiger partial charge in [-0.3, -0.25) is 4.79 Å². The number of nitrogens with one attached hydrogen (secondary N) is 2. The van der Waals surface area contributed by atoms with E-state index in [-0.39, 0.29) is 36.5 Å². The number of carbonyl (C=O) groups is 1. The normalized spacial score (nSPS) is 32.3. The van der Waals surface area contributed by atoms with Crippen molar-refractivity contribution < 1.29 is 30.0 Å². The molecule has 0 saturated heterocycles. The molecular formula is C45H68N2O6. The van der Waals surface area contributed by atoms with Gasteiger partial charge in [-0.2, -0.15) is 0 Å². The Morgan fingerprint density at radius 1 is 1.19 bits per heavy atom. The van der Waals surface area contributed by atoms with E-state index in [1.165, 1.54) is 16.7 Å². The maximum absolute atomic E-state index is 12.5. The summed E-state index contributed by atoms with van der Waals surface area (Å²) in [5.41, 5.74) is 5.08. The second kappa shape index (κ2) is 19.8. The molecule has 1 aromatic carbocycles. The summed E-state index contributed by atoms with van der Waals surface area (Å²) in [6.07, 6.45) is 15.5.